The van der Waals surface area contributed by atoms with E-state index in [9.17, 15) is 23.0 Å². The quantitative estimate of drug-likeness (QED) is 0.593. The number of pyridine rings is 1. The van der Waals surface area contributed by atoms with E-state index in [1.54, 1.807) is 30.6 Å². The predicted octanol–water partition coefficient (Wildman–Crippen LogP) is 2.78. The minimum absolute atomic E-state index is 0.0814. The van der Waals surface area contributed by atoms with Gasteiger partial charge < -0.3 is 20.1 Å². The van der Waals surface area contributed by atoms with Crippen molar-refractivity contribution in [2.45, 2.75) is 25.3 Å². The summed E-state index contributed by atoms with van der Waals surface area (Å²) in [4.78, 5) is 15.8. The summed E-state index contributed by atoms with van der Waals surface area (Å²) >= 11 is 0. The van der Waals surface area contributed by atoms with E-state index in [4.69, 9.17) is 15.1 Å². The SMILES string of the molecule is NC(=O)c1ccc([C@H]2Cc3ccc(C(F)(F)F)cc3B(O)O2)cc1OCc1cccnc1. The Labute approximate surface area is 181 Å². The van der Waals surface area contributed by atoms with E-state index >= 15 is 0 Å². The molecule has 2 aromatic carbocycles. The largest absolute Gasteiger partial charge is 0.491 e. The van der Waals surface area contributed by atoms with Gasteiger partial charge in [-0.15, -0.1) is 0 Å². The van der Waals surface area contributed by atoms with Crippen molar-refractivity contribution in [1.82, 2.24) is 4.98 Å². The number of nitrogens with zero attached hydrogens (tertiary/aromatic N) is 1. The molecule has 0 bridgehead atoms. The fourth-order valence-electron chi connectivity index (χ4n) is 3.57. The monoisotopic (exact) mass is 442 g/mol. The van der Waals surface area contributed by atoms with Gasteiger partial charge >= 0.3 is 13.3 Å². The normalized spacial score (nSPS) is 15.9. The van der Waals surface area contributed by atoms with Crippen molar-refractivity contribution in [2.24, 2.45) is 5.73 Å². The summed E-state index contributed by atoms with van der Waals surface area (Å²) in [6, 6.07) is 11.5. The molecule has 164 valence electrons. The summed E-state index contributed by atoms with van der Waals surface area (Å²) in [5, 5.41) is 10.3. The third kappa shape index (κ3) is 4.61. The molecule has 1 aliphatic rings. The summed E-state index contributed by atoms with van der Waals surface area (Å²) < 4.78 is 50.3. The van der Waals surface area contributed by atoms with Gasteiger partial charge in [0.15, 0.2) is 0 Å². The zero-order chi connectivity index (χ0) is 22.9. The molecule has 2 heterocycles. The van der Waals surface area contributed by atoms with Crippen LogP contribution in [0.3, 0.4) is 0 Å². The summed E-state index contributed by atoms with van der Waals surface area (Å²) in [5.74, 6) is -0.442. The molecule has 0 radical (unpaired) electrons. The zero-order valence-corrected chi connectivity index (χ0v) is 16.7. The van der Waals surface area contributed by atoms with Crippen molar-refractivity contribution >= 4 is 18.5 Å². The second-order valence-electron chi connectivity index (χ2n) is 7.36. The summed E-state index contributed by atoms with van der Waals surface area (Å²) in [7, 11) is -1.53. The Bertz CT molecular complexity index is 1140. The van der Waals surface area contributed by atoms with Gasteiger partial charge in [0.05, 0.1) is 17.2 Å². The number of carbonyl (C=O) groups excluding carboxylic acids is 1. The van der Waals surface area contributed by atoms with Gasteiger partial charge in [-0.2, -0.15) is 13.2 Å². The first kappa shape index (κ1) is 21.9. The van der Waals surface area contributed by atoms with Gasteiger partial charge in [-0.25, -0.2) is 0 Å². The van der Waals surface area contributed by atoms with Gasteiger partial charge in [0.2, 0.25) is 0 Å². The van der Waals surface area contributed by atoms with Gasteiger partial charge in [0.25, 0.3) is 5.91 Å². The van der Waals surface area contributed by atoms with Crippen LogP contribution in [-0.2, 0) is 23.9 Å². The Balaban J connectivity index is 1.60. The van der Waals surface area contributed by atoms with Crippen LogP contribution in [0.25, 0.3) is 0 Å². The summed E-state index contributed by atoms with van der Waals surface area (Å²) in [6.45, 7) is 0.148. The van der Waals surface area contributed by atoms with Crippen LogP contribution in [0.15, 0.2) is 60.9 Å². The average Bonchev–Trinajstić information content (AvgIpc) is 2.77. The molecule has 0 saturated carbocycles. The maximum absolute atomic E-state index is 13.0. The Morgan fingerprint density at radius 1 is 1.25 bits per heavy atom. The lowest BCUT2D eigenvalue weighted by molar-refractivity contribution is -0.137. The number of nitrogens with two attached hydrogens (primary N) is 1. The number of amides is 1. The molecule has 4 rings (SSSR count). The molecule has 3 aromatic rings. The Morgan fingerprint density at radius 3 is 2.75 bits per heavy atom. The molecule has 32 heavy (non-hydrogen) atoms. The molecule has 0 spiro atoms. The van der Waals surface area contributed by atoms with Gasteiger partial charge in [-0.05, 0) is 46.9 Å². The third-order valence-electron chi connectivity index (χ3n) is 5.20. The van der Waals surface area contributed by atoms with Crippen LogP contribution in [0.1, 0.15) is 38.7 Å². The molecule has 0 fully saturated rings. The van der Waals surface area contributed by atoms with Gasteiger partial charge in [-0.3, -0.25) is 9.78 Å². The van der Waals surface area contributed by atoms with E-state index < -0.39 is 30.9 Å². The zero-order valence-electron chi connectivity index (χ0n) is 16.7. The number of ether oxygens (including phenoxy) is 1. The highest BCUT2D eigenvalue weighted by Gasteiger charge is 2.36. The lowest BCUT2D eigenvalue weighted by Crippen LogP contribution is -2.43. The van der Waals surface area contributed by atoms with Crippen LogP contribution < -0.4 is 15.9 Å². The first-order valence-corrected chi connectivity index (χ1v) is 9.71. The number of aromatic nitrogens is 1. The molecule has 0 aliphatic carbocycles. The van der Waals surface area contributed by atoms with Gasteiger partial charge in [-0.1, -0.05) is 18.2 Å². The fraction of sp³-hybridized carbons (Fsp3) is 0.182. The lowest BCUT2D eigenvalue weighted by Gasteiger charge is -2.29. The molecule has 3 N–H and O–H groups in total. The van der Waals surface area contributed by atoms with E-state index in [0.29, 0.717) is 11.1 Å². The van der Waals surface area contributed by atoms with Gasteiger partial charge in [0, 0.05) is 24.4 Å². The third-order valence-corrected chi connectivity index (χ3v) is 5.20. The van der Waals surface area contributed by atoms with E-state index in [2.05, 4.69) is 4.98 Å². The highest BCUT2D eigenvalue weighted by atomic mass is 19.4. The Kier molecular flexibility index (Phi) is 5.90. The average molecular weight is 442 g/mol. The predicted molar refractivity (Wildman–Crippen MR) is 110 cm³/mol. The number of fused-ring (bicyclic) bond motifs is 1. The van der Waals surface area contributed by atoms with Crippen LogP contribution in [-0.4, -0.2) is 23.0 Å². The first-order valence-electron chi connectivity index (χ1n) is 9.71. The first-order chi connectivity index (χ1) is 15.2. The summed E-state index contributed by atoms with van der Waals surface area (Å²) in [5.41, 5.74) is 6.76. The number of hydrogen-bond donors (Lipinski definition) is 2. The molecular weight excluding hydrogens is 424 g/mol. The maximum Gasteiger partial charge on any atom is 0.491 e. The fourth-order valence-corrected chi connectivity index (χ4v) is 3.57. The number of hydrogen-bond acceptors (Lipinski definition) is 5. The highest BCUT2D eigenvalue weighted by Crippen LogP contribution is 2.33. The topological polar surface area (TPSA) is 94.7 Å². The number of primary amides is 1. The number of halogens is 3. The Hall–Kier alpha value is -3.37. The van der Waals surface area contributed by atoms with Crippen molar-refractivity contribution in [1.29, 1.82) is 0 Å². The summed E-state index contributed by atoms with van der Waals surface area (Å²) in [6.07, 6.45) is -1.68. The number of benzene rings is 2. The molecule has 0 saturated heterocycles. The molecule has 1 aliphatic heterocycles. The minimum atomic E-state index is -4.52. The van der Waals surface area contributed by atoms with Crippen LogP contribution in [0.5, 0.6) is 5.75 Å². The molecule has 1 amide bonds. The van der Waals surface area contributed by atoms with Crippen LogP contribution >= 0.6 is 0 Å². The smallest absolute Gasteiger partial charge is 0.488 e. The minimum Gasteiger partial charge on any atom is -0.488 e. The Morgan fingerprint density at radius 2 is 2.06 bits per heavy atom. The van der Waals surface area contributed by atoms with Crippen LogP contribution in [0.2, 0.25) is 0 Å². The number of carbonyl (C=O) groups is 1. The lowest BCUT2D eigenvalue weighted by atomic mass is 9.71. The van der Waals surface area contributed by atoms with E-state index in [1.807, 2.05) is 6.07 Å². The standard InChI is InChI=1S/C22H18BF3N2O4/c24-22(25,26)16-5-3-14-8-19(32-23(30)18(14)10-16)15-4-6-17(21(27)29)20(9-15)31-12-13-2-1-7-28-11-13/h1-7,9-11,19,30H,8,12H2,(H2,27,29)/t19-/m1/s1. The van der Waals surface area contributed by atoms with Crippen molar-refractivity contribution in [3.8, 4) is 5.75 Å². The van der Waals surface area contributed by atoms with E-state index in [-0.39, 0.29) is 29.8 Å². The number of alkyl halides is 3. The molecule has 6 nitrogen and oxygen atoms in total. The molecule has 1 aromatic heterocycles. The second kappa shape index (κ2) is 8.64. The molecule has 10 heteroatoms. The van der Waals surface area contributed by atoms with Crippen molar-refractivity contribution in [2.75, 3.05) is 0 Å². The van der Waals surface area contributed by atoms with Crippen LogP contribution in [0.4, 0.5) is 13.2 Å². The highest BCUT2D eigenvalue weighted by molar-refractivity contribution is 6.61. The molecular formula is C22H18BF3N2O4. The molecule has 1 atom stereocenters. The van der Waals surface area contributed by atoms with Crippen molar-refractivity contribution in [3.63, 3.8) is 0 Å². The van der Waals surface area contributed by atoms with Gasteiger partial charge in [0.1, 0.15) is 12.4 Å². The number of rotatable bonds is 5. The molecule has 0 unspecified atom stereocenters. The maximum atomic E-state index is 13.0. The van der Waals surface area contributed by atoms with Crippen molar-refractivity contribution in [3.05, 3.63) is 88.7 Å². The van der Waals surface area contributed by atoms with E-state index in [1.165, 1.54) is 12.1 Å². The van der Waals surface area contributed by atoms with E-state index in [0.717, 1.165) is 17.7 Å². The van der Waals surface area contributed by atoms with Crippen LogP contribution in [0, 0.1) is 0 Å². The second-order valence-corrected chi connectivity index (χ2v) is 7.36. The van der Waals surface area contributed by atoms with Crippen molar-refractivity contribution < 1.29 is 32.4 Å².